The molecular weight excluding hydrogens is 246 g/mol. The first kappa shape index (κ1) is 15.0. The van der Waals surface area contributed by atoms with Crippen molar-refractivity contribution in [3.05, 3.63) is 29.3 Å². The second-order valence-corrected chi connectivity index (χ2v) is 4.54. The minimum atomic E-state index is -1.14. The molecule has 2 unspecified atom stereocenters. The van der Waals surface area contributed by atoms with E-state index < -0.39 is 17.8 Å². The predicted molar refractivity (Wildman–Crippen MR) is 71.1 cm³/mol. The molecule has 1 aromatic carbocycles. The summed E-state index contributed by atoms with van der Waals surface area (Å²) in [7, 11) is 1.56. The number of hydrogen-bond donors (Lipinski definition) is 2. The van der Waals surface area contributed by atoms with Crippen LogP contribution in [0.15, 0.2) is 18.2 Å². The number of benzene rings is 1. The molecule has 0 aliphatic carbocycles. The Labute approximate surface area is 112 Å². The van der Waals surface area contributed by atoms with Gasteiger partial charge in [0.05, 0.1) is 13.2 Å². The molecule has 0 aliphatic heterocycles. The van der Waals surface area contributed by atoms with Crippen LogP contribution in [0.4, 0.5) is 0 Å². The van der Waals surface area contributed by atoms with Gasteiger partial charge in [-0.25, -0.2) is 0 Å². The van der Waals surface area contributed by atoms with E-state index in [0.29, 0.717) is 5.75 Å². The first-order valence-corrected chi connectivity index (χ1v) is 6.04. The van der Waals surface area contributed by atoms with E-state index in [2.05, 4.69) is 5.32 Å². The normalized spacial score (nSPS) is 13.5. The van der Waals surface area contributed by atoms with Gasteiger partial charge in [-0.15, -0.1) is 0 Å². The molecular formula is C14H19NO4. The number of carboxylic acids is 1. The number of amides is 1. The summed E-state index contributed by atoms with van der Waals surface area (Å²) < 4.78 is 5.24. The molecule has 1 rings (SSSR count). The lowest BCUT2D eigenvalue weighted by molar-refractivity contribution is -0.146. The Hall–Kier alpha value is -2.04. The molecule has 19 heavy (non-hydrogen) atoms. The maximum atomic E-state index is 11.7. The Morgan fingerprint density at radius 1 is 1.32 bits per heavy atom. The third-order valence-corrected chi connectivity index (χ3v) is 2.97. The number of ether oxygens (including phenoxy) is 1. The number of rotatable bonds is 5. The van der Waals surface area contributed by atoms with Crippen molar-refractivity contribution in [3.8, 4) is 5.75 Å². The molecule has 2 N–H and O–H groups in total. The van der Waals surface area contributed by atoms with E-state index in [9.17, 15) is 9.59 Å². The van der Waals surface area contributed by atoms with Crippen molar-refractivity contribution in [1.82, 2.24) is 5.32 Å². The number of methoxy groups -OCH3 is 1. The summed E-state index contributed by atoms with van der Waals surface area (Å²) >= 11 is 0. The Bertz CT molecular complexity index is 484. The molecule has 0 bridgehead atoms. The van der Waals surface area contributed by atoms with E-state index in [-0.39, 0.29) is 6.04 Å². The summed E-state index contributed by atoms with van der Waals surface area (Å²) in [5, 5.41) is 11.5. The van der Waals surface area contributed by atoms with Crippen molar-refractivity contribution < 1.29 is 19.4 Å². The van der Waals surface area contributed by atoms with Crippen LogP contribution in [-0.2, 0) is 9.59 Å². The summed E-state index contributed by atoms with van der Waals surface area (Å²) in [5.74, 6) is -2.05. The standard InChI is InChI=1S/C14H19NO4/c1-8-5-6-12(19-4)11(7-8)10(3)15-13(16)9(2)14(17)18/h5-7,9-10H,1-4H3,(H,15,16)(H,17,18). The minimum Gasteiger partial charge on any atom is -0.496 e. The van der Waals surface area contributed by atoms with Crippen LogP contribution in [0.2, 0.25) is 0 Å². The number of aliphatic carboxylic acids is 1. The van der Waals surface area contributed by atoms with Crippen molar-refractivity contribution in [2.24, 2.45) is 5.92 Å². The molecule has 0 aromatic heterocycles. The first-order chi connectivity index (χ1) is 8.86. The van der Waals surface area contributed by atoms with Crippen molar-refractivity contribution in [3.63, 3.8) is 0 Å². The van der Waals surface area contributed by atoms with E-state index in [4.69, 9.17) is 9.84 Å². The van der Waals surface area contributed by atoms with Crippen LogP contribution < -0.4 is 10.1 Å². The van der Waals surface area contributed by atoms with Gasteiger partial charge in [0.15, 0.2) is 0 Å². The molecule has 1 aromatic rings. The first-order valence-electron chi connectivity index (χ1n) is 6.04. The second-order valence-electron chi connectivity index (χ2n) is 4.54. The van der Waals surface area contributed by atoms with Crippen molar-refractivity contribution >= 4 is 11.9 Å². The van der Waals surface area contributed by atoms with Gasteiger partial charge in [-0.1, -0.05) is 17.7 Å². The van der Waals surface area contributed by atoms with Crippen LogP contribution in [0.25, 0.3) is 0 Å². The number of carbonyl (C=O) groups is 2. The highest BCUT2D eigenvalue weighted by molar-refractivity contribution is 5.96. The quantitative estimate of drug-likeness (QED) is 0.797. The highest BCUT2D eigenvalue weighted by Crippen LogP contribution is 2.26. The third kappa shape index (κ3) is 3.71. The Kier molecular flexibility index (Phi) is 4.92. The van der Waals surface area contributed by atoms with E-state index in [1.54, 1.807) is 14.0 Å². The average Bonchev–Trinajstić information content (AvgIpc) is 2.37. The van der Waals surface area contributed by atoms with Crippen LogP contribution >= 0.6 is 0 Å². The molecule has 0 radical (unpaired) electrons. The molecule has 0 heterocycles. The zero-order valence-electron chi connectivity index (χ0n) is 11.6. The predicted octanol–water partition coefficient (Wildman–Crippen LogP) is 1.90. The molecule has 5 heteroatoms. The minimum absolute atomic E-state index is 0.316. The fraction of sp³-hybridized carbons (Fsp3) is 0.429. The SMILES string of the molecule is COc1ccc(C)cc1C(C)NC(=O)C(C)C(=O)O. The van der Waals surface area contributed by atoms with Crippen molar-refractivity contribution in [1.29, 1.82) is 0 Å². The van der Waals surface area contributed by atoms with E-state index >= 15 is 0 Å². The lowest BCUT2D eigenvalue weighted by Crippen LogP contribution is -2.35. The Morgan fingerprint density at radius 2 is 1.95 bits per heavy atom. The Morgan fingerprint density at radius 3 is 2.47 bits per heavy atom. The number of aryl methyl sites for hydroxylation is 1. The van der Waals surface area contributed by atoms with Gasteiger partial charge in [0.1, 0.15) is 11.7 Å². The van der Waals surface area contributed by atoms with Gasteiger partial charge in [0, 0.05) is 5.56 Å². The summed E-state index contributed by atoms with van der Waals surface area (Å²) in [6, 6.07) is 5.34. The van der Waals surface area contributed by atoms with Gasteiger partial charge in [-0.2, -0.15) is 0 Å². The lowest BCUT2D eigenvalue weighted by atomic mass is 10.0. The van der Waals surface area contributed by atoms with Gasteiger partial charge >= 0.3 is 5.97 Å². The van der Waals surface area contributed by atoms with Crippen LogP contribution in [0, 0.1) is 12.8 Å². The van der Waals surface area contributed by atoms with Gasteiger partial charge in [0.2, 0.25) is 5.91 Å². The van der Waals surface area contributed by atoms with Gasteiger partial charge < -0.3 is 15.2 Å². The van der Waals surface area contributed by atoms with Gasteiger partial charge in [0.25, 0.3) is 0 Å². The maximum absolute atomic E-state index is 11.7. The summed E-state index contributed by atoms with van der Waals surface area (Å²) in [6.07, 6.45) is 0. The topological polar surface area (TPSA) is 75.6 Å². The highest BCUT2D eigenvalue weighted by Gasteiger charge is 2.23. The van der Waals surface area contributed by atoms with Crippen LogP contribution in [0.1, 0.15) is 31.0 Å². The monoisotopic (exact) mass is 265 g/mol. The third-order valence-electron chi connectivity index (χ3n) is 2.97. The molecule has 0 spiro atoms. The van der Waals surface area contributed by atoms with Crippen molar-refractivity contribution in [2.45, 2.75) is 26.8 Å². The molecule has 0 saturated heterocycles. The van der Waals surface area contributed by atoms with E-state index in [0.717, 1.165) is 11.1 Å². The molecule has 5 nitrogen and oxygen atoms in total. The number of carbonyl (C=O) groups excluding carboxylic acids is 1. The molecule has 0 aliphatic rings. The summed E-state index contributed by atoms with van der Waals surface area (Å²) in [4.78, 5) is 22.5. The average molecular weight is 265 g/mol. The molecule has 2 atom stereocenters. The van der Waals surface area contributed by atoms with Crippen molar-refractivity contribution in [2.75, 3.05) is 7.11 Å². The van der Waals surface area contributed by atoms with Gasteiger partial charge in [-0.3, -0.25) is 9.59 Å². The van der Waals surface area contributed by atoms with Crippen LogP contribution in [0.3, 0.4) is 0 Å². The maximum Gasteiger partial charge on any atom is 0.315 e. The number of carboxylic acid groups (broad SMARTS) is 1. The highest BCUT2D eigenvalue weighted by atomic mass is 16.5. The number of hydrogen-bond acceptors (Lipinski definition) is 3. The lowest BCUT2D eigenvalue weighted by Gasteiger charge is -2.19. The summed E-state index contributed by atoms with van der Waals surface area (Å²) in [5.41, 5.74) is 1.87. The summed E-state index contributed by atoms with van der Waals surface area (Å²) in [6.45, 7) is 5.10. The molecule has 1 amide bonds. The molecule has 104 valence electrons. The van der Waals surface area contributed by atoms with Crippen LogP contribution in [-0.4, -0.2) is 24.1 Å². The smallest absolute Gasteiger partial charge is 0.315 e. The van der Waals surface area contributed by atoms with Gasteiger partial charge in [-0.05, 0) is 26.8 Å². The van der Waals surface area contributed by atoms with Crippen LogP contribution in [0.5, 0.6) is 5.75 Å². The molecule has 0 saturated carbocycles. The second kappa shape index (κ2) is 6.22. The fourth-order valence-electron chi connectivity index (χ4n) is 1.72. The molecule has 0 fully saturated rings. The largest absolute Gasteiger partial charge is 0.496 e. The fourth-order valence-corrected chi connectivity index (χ4v) is 1.72. The zero-order chi connectivity index (χ0) is 14.6. The Balaban J connectivity index is 2.89. The number of nitrogens with one attached hydrogen (secondary N) is 1. The van der Waals surface area contributed by atoms with E-state index in [1.807, 2.05) is 25.1 Å². The zero-order valence-corrected chi connectivity index (χ0v) is 11.6. The van der Waals surface area contributed by atoms with E-state index in [1.165, 1.54) is 6.92 Å².